The SMILES string of the molecule is CC(=O)c1ccc(NC(=O)COc2cccc3c2CCCC3)cc1. The number of Topliss-reactive ketones (excluding diaryl/α,β-unsaturated/α-hetero) is 1. The molecule has 0 saturated carbocycles. The van der Waals surface area contributed by atoms with Crippen molar-refractivity contribution in [3.8, 4) is 5.75 Å². The average Bonchev–Trinajstić information content (AvgIpc) is 2.60. The third kappa shape index (κ3) is 3.82. The Morgan fingerprint density at radius 3 is 2.54 bits per heavy atom. The molecule has 2 aromatic rings. The van der Waals surface area contributed by atoms with E-state index in [2.05, 4.69) is 11.4 Å². The zero-order chi connectivity index (χ0) is 16.9. The van der Waals surface area contributed by atoms with Crippen LogP contribution < -0.4 is 10.1 Å². The van der Waals surface area contributed by atoms with Gasteiger partial charge in [-0.05, 0) is 74.1 Å². The smallest absolute Gasteiger partial charge is 0.262 e. The van der Waals surface area contributed by atoms with E-state index in [1.807, 2.05) is 12.1 Å². The predicted octanol–water partition coefficient (Wildman–Crippen LogP) is 3.79. The third-order valence-corrected chi connectivity index (χ3v) is 4.29. The second-order valence-electron chi connectivity index (χ2n) is 6.07. The van der Waals surface area contributed by atoms with E-state index in [1.165, 1.54) is 30.9 Å². The molecule has 4 heteroatoms. The summed E-state index contributed by atoms with van der Waals surface area (Å²) in [6.07, 6.45) is 4.48. The van der Waals surface area contributed by atoms with E-state index in [0.717, 1.165) is 18.6 Å². The fourth-order valence-corrected chi connectivity index (χ4v) is 3.01. The van der Waals surface area contributed by atoms with Crippen molar-refractivity contribution in [2.75, 3.05) is 11.9 Å². The van der Waals surface area contributed by atoms with Crippen LogP contribution in [0.5, 0.6) is 5.75 Å². The van der Waals surface area contributed by atoms with Crippen LogP contribution in [0.1, 0.15) is 41.3 Å². The zero-order valence-electron chi connectivity index (χ0n) is 13.8. The fourth-order valence-electron chi connectivity index (χ4n) is 3.01. The highest BCUT2D eigenvalue weighted by atomic mass is 16.5. The first-order valence-electron chi connectivity index (χ1n) is 8.28. The summed E-state index contributed by atoms with van der Waals surface area (Å²) >= 11 is 0. The summed E-state index contributed by atoms with van der Waals surface area (Å²) in [6, 6.07) is 12.9. The van der Waals surface area contributed by atoms with Gasteiger partial charge in [-0.25, -0.2) is 0 Å². The van der Waals surface area contributed by atoms with Gasteiger partial charge in [0.1, 0.15) is 5.75 Å². The van der Waals surface area contributed by atoms with Crippen molar-refractivity contribution >= 4 is 17.4 Å². The van der Waals surface area contributed by atoms with Crippen molar-refractivity contribution in [1.29, 1.82) is 0 Å². The van der Waals surface area contributed by atoms with Crippen molar-refractivity contribution in [2.45, 2.75) is 32.6 Å². The minimum absolute atomic E-state index is 0.00469. The standard InChI is InChI=1S/C20H21NO3/c1-14(22)15-9-11-17(12-10-15)21-20(23)13-24-19-8-4-6-16-5-2-3-7-18(16)19/h4,6,8-12H,2-3,5,7,13H2,1H3,(H,21,23). The lowest BCUT2D eigenvalue weighted by Crippen LogP contribution is -2.21. The quantitative estimate of drug-likeness (QED) is 0.852. The lowest BCUT2D eigenvalue weighted by molar-refractivity contribution is -0.118. The molecule has 24 heavy (non-hydrogen) atoms. The van der Waals surface area contributed by atoms with Gasteiger partial charge in [-0.15, -0.1) is 0 Å². The molecular formula is C20H21NO3. The highest BCUT2D eigenvalue weighted by Crippen LogP contribution is 2.29. The van der Waals surface area contributed by atoms with Crippen molar-refractivity contribution in [1.82, 2.24) is 0 Å². The maximum absolute atomic E-state index is 12.1. The molecule has 1 amide bonds. The number of ether oxygens (including phenoxy) is 1. The molecule has 1 aliphatic carbocycles. The van der Waals surface area contributed by atoms with Gasteiger partial charge in [0.05, 0.1) is 0 Å². The summed E-state index contributed by atoms with van der Waals surface area (Å²) in [5, 5.41) is 2.78. The number of aryl methyl sites for hydroxylation is 1. The Morgan fingerprint density at radius 1 is 1.04 bits per heavy atom. The molecular weight excluding hydrogens is 302 g/mol. The molecule has 4 nitrogen and oxygen atoms in total. The van der Waals surface area contributed by atoms with E-state index in [-0.39, 0.29) is 18.3 Å². The van der Waals surface area contributed by atoms with Gasteiger partial charge in [0.15, 0.2) is 12.4 Å². The normalized spacial score (nSPS) is 13.0. The number of rotatable bonds is 5. The van der Waals surface area contributed by atoms with E-state index in [0.29, 0.717) is 11.3 Å². The number of hydrogen-bond donors (Lipinski definition) is 1. The molecule has 0 aromatic heterocycles. The van der Waals surface area contributed by atoms with Gasteiger partial charge in [-0.2, -0.15) is 0 Å². The molecule has 0 saturated heterocycles. The predicted molar refractivity (Wildman–Crippen MR) is 93.7 cm³/mol. The molecule has 0 aliphatic heterocycles. The molecule has 3 rings (SSSR count). The Hall–Kier alpha value is -2.62. The number of fused-ring (bicyclic) bond motifs is 1. The molecule has 124 valence electrons. The first-order chi connectivity index (χ1) is 11.6. The Kier molecular flexibility index (Phi) is 4.94. The van der Waals surface area contributed by atoms with E-state index in [4.69, 9.17) is 4.74 Å². The zero-order valence-corrected chi connectivity index (χ0v) is 13.8. The molecule has 0 bridgehead atoms. The van der Waals surface area contributed by atoms with Gasteiger partial charge in [0, 0.05) is 11.3 Å². The molecule has 0 heterocycles. The lowest BCUT2D eigenvalue weighted by Gasteiger charge is -2.19. The first kappa shape index (κ1) is 16.2. The van der Waals surface area contributed by atoms with Crippen molar-refractivity contribution < 1.29 is 14.3 Å². The summed E-state index contributed by atoms with van der Waals surface area (Å²) in [4.78, 5) is 23.3. The van der Waals surface area contributed by atoms with Gasteiger partial charge in [-0.3, -0.25) is 9.59 Å². The van der Waals surface area contributed by atoms with Crippen LogP contribution in [0, 0.1) is 0 Å². The number of nitrogens with one attached hydrogen (secondary N) is 1. The van der Waals surface area contributed by atoms with E-state index in [1.54, 1.807) is 24.3 Å². The van der Waals surface area contributed by atoms with Crippen LogP contribution in [-0.2, 0) is 17.6 Å². The van der Waals surface area contributed by atoms with Gasteiger partial charge in [0.25, 0.3) is 5.91 Å². The minimum Gasteiger partial charge on any atom is -0.483 e. The molecule has 0 unspecified atom stereocenters. The maximum Gasteiger partial charge on any atom is 0.262 e. The summed E-state index contributed by atoms with van der Waals surface area (Å²) in [5.41, 5.74) is 3.85. The molecule has 0 atom stereocenters. The number of ketones is 1. The number of benzene rings is 2. The highest BCUT2D eigenvalue weighted by Gasteiger charge is 2.14. The number of carbonyl (C=O) groups is 2. The second kappa shape index (κ2) is 7.30. The Labute approximate surface area is 141 Å². The number of carbonyl (C=O) groups excluding carboxylic acids is 2. The van der Waals surface area contributed by atoms with Gasteiger partial charge in [0.2, 0.25) is 0 Å². The molecule has 0 spiro atoms. The van der Waals surface area contributed by atoms with Crippen LogP contribution in [0.15, 0.2) is 42.5 Å². The highest BCUT2D eigenvalue weighted by molar-refractivity contribution is 5.95. The summed E-state index contributed by atoms with van der Waals surface area (Å²) in [6.45, 7) is 1.49. The molecule has 0 fully saturated rings. The van der Waals surface area contributed by atoms with Crippen LogP contribution in [0.2, 0.25) is 0 Å². The molecule has 0 radical (unpaired) electrons. The van der Waals surface area contributed by atoms with Crippen LogP contribution in [0.3, 0.4) is 0 Å². The van der Waals surface area contributed by atoms with Crippen molar-refractivity contribution in [3.63, 3.8) is 0 Å². The summed E-state index contributed by atoms with van der Waals surface area (Å²) in [7, 11) is 0. The maximum atomic E-state index is 12.1. The summed E-state index contributed by atoms with van der Waals surface area (Å²) < 4.78 is 5.73. The molecule has 2 aromatic carbocycles. The number of amides is 1. The fraction of sp³-hybridized carbons (Fsp3) is 0.300. The Balaban J connectivity index is 1.59. The van der Waals surface area contributed by atoms with E-state index >= 15 is 0 Å². The monoisotopic (exact) mass is 323 g/mol. The second-order valence-corrected chi connectivity index (χ2v) is 6.07. The van der Waals surface area contributed by atoms with Crippen molar-refractivity contribution in [3.05, 3.63) is 59.2 Å². The van der Waals surface area contributed by atoms with Crippen LogP contribution >= 0.6 is 0 Å². The average molecular weight is 323 g/mol. The minimum atomic E-state index is -0.209. The number of anilines is 1. The number of hydrogen-bond acceptors (Lipinski definition) is 3. The van der Waals surface area contributed by atoms with Crippen LogP contribution in [0.25, 0.3) is 0 Å². The van der Waals surface area contributed by atoms with E-state index in [9.17, 15) is 9.59 Å². The Bertz CT molecular complexity index is 750. The topological polar surface area (TPSA) is 55.4 Å². The molecule has 1 aliphatic rings. The van der Waals surface area contributed by atoms with Gasteiger partial charge in [-0.1, -0.05) is 12.1 Å². The molecule has 1 N–H and O–H groups in total. The van der Waals surface area contributed by atoms with Gasteiger partial charge < -0.3 is 10.1 Å². The lowest BCUT2D eigenvalue weighted by atomic mass is 9.91. The third-order valence-electron chi connectivity index (χ3n) is 4.29. The van der Waals surface area contributed by atoms with Crippen LogP contribution in [-0.4, -0.2) is 18.3 Å². The largest absolute Gasteiger partial charge is 0.483 e. The van der Waals surface area contributed by atoms with Crippen molar-refractivity contribution in [2.24, 2.45) is 0 Å². The van der Waals surface area contributed by atoms with E-state index < -0.39 is 0 Å². The first-order valence-corrected chi connectivity index (χ1v) is 8.28. The van der Waals surface area contributed by atoms with Gasteiger partial charge >= 0.3 is 0 Å². The summed E-state index contributed by atoms with van der Waals surface area (Å²) in [5.74, 6) is 0.610. The Morgan fingerprint density at radius 2 is 1.79 bits per heavy atom. The van der Waals surface area contributed by atoms with Crippen LogP contribution in [0.4, 0.5) is 5.69 Å².